The van der Waals surface area contributed by atoms with Crippen molar-refractivity contribution in [1.29, 1.82) is 0 Å². The fourth-order valence-corrected chi connectivity index (χ4v) is 5.22. The summed E-state index contributed by atoms with van der Waals surface area (Å²) in [5.41, 5.74) is 0.623. The number of β-lactam (4-membered cyclic amide) rings is 1. The molecule has 0 aromatic carbocycles. The van der Waals surface area contributed by atoms with E-state index in [2.05, 4.69) is 5.32 Å². The molecule has 27 heavy (non-hydrogen) atoms. The van der Waals surface area contributed by atoms with Gasteiger partial charge in [0.2, 0.25) is 5.91 Å². The van der Waals surface area contributed by atoms with Crippen molar-refractivity contribution < 1.29 is 19.1 Å². The summed E-state index contributed by atoms with van der Waals surface area (Å²) in [7, 11) is 0. The molecule has 3 heterocycles. The van der Waals surface area contributed by atoms with Gasteiger partial charge >= 0.3 is 5.97 Å². The molecule has 1 unspecified atom stereocenters. The smallest absolute Gasteiger partial charge is 0.355 e. The molecular weight excluding hydrogens is 384 g/mol. The van der Waals surface area contributed by atoms with E-state index in [1.807, 2.05) is 24.4 Å². The highest BCUT2D eigenvalue weighted by Crippen LogP contribution is 2.41. The predicted molar refractivity (Wildman–Crippen MR) is 106 cm³/mol. The van der Waals surface area contributed by atoms with E-state index >= 15 is 0 Å². The average molecular weight is 409 g/mol. The molecule has 0 aliphatic carbocycles. The lowest BCUT2D eigenvalue weighted by Gasteiger charge is -2.50. The van der Waals surface area contributed by atoms with Crippen molar-refractivity contribution in [3.63, 3.8) is 0 Å². The third-order valence-corrected chi connectivity index (χ3v) is 6.51. The first-order chi connectivity index (χ1) is 12.7. The number of hydrogen-bond acceptors (Lipinski definition) is 6. The van der Waals surface area contributed by atoms with Crippen LogP contribution in [0.5, 0.6) is 0 Å². The summed E-state index contributed by atoms with van der Waals surface area (Å²) in [6, 6.07) is 3.19. The normalized spacial score (nSPS) is 22.2. The lowest BCUT2D eigenvalue weighted by Crippen LogP contribution is -2.70. The molecule has 1 saturated heterocycles. The molecule has 1 aromatic rings. The number of thioether (sulfide) groups is 1. The summed E-state index contributed by atoms with van der Waals surface area (Å²) in [4.78, 5) is 40.1. The second-order valence-corrected chi connectivity index (χ2v) is 9.66. The maximum Gasteiger partial charge on any atom is 0.355 e. The molecule has 146 valence electrons. The fraction of sp³-hybridized carbons (Fsp3) is 0.526. The molecule has 1 N–H and O–H groups in total. The van der Waals surface area contributed by atoms with Crippen molar-refractivity contribution in [1.82, 2.24) is 10.2 Å². The second-order valence-electron chi connectivity index (χ2n) is 7.52. The highest BCUT2D eigenvalue weighted by Gasteiger charge is 2.54. The van der Waals surface area contributed by atoms with Crippen molar-refractivity contribution in [3.8, 4) is 0 Å². The van der Waals surface area contributed by atoms with Crippen LogP contribution < -0.4 is 5.32 Å². The minimum atomic E-state index is -0.634. The van der Waals surface area contributed by atoms with Gasteiger partial charge in [-0.05, 0) is 44.2 Å². The summed E-state index contributed by atoms with van der Waals surface area (Å²) in [6.45, 7) is 7.37. The van der Waals surface area contributed by atoms with Gasteiger partial charge in [-0.2, -0.15) is 0 Å². The number of nitrogens with one attached hydrogen (secondary N) is 1. The SMILES string of the molecule is CCC1=C(C(=O)OC(C)(C)C)N2C(=O)C(NC(=O)Cc3cccs3)[C@H]2SC1. The highest BCUT2D eigenvalue weighted by atomic mass is 32.2. The maximum atomic E-state index is 12.7. The van der Waals surface area contributed by atoms with Gasteiger partial charge in [0.05, 0.1) is 6.42 Å². The fourth-order valence-electron chi connectivity index (χ4n) is 3.06. The van der Waals surface area contributed by atoms with Crippen LogP contribution in [0.25, 0.3) is 0 Å². The van der Waals surface area contributed by atoms with Gasteiger partial charge in [-0.25, -0.2) is 4.79 Å². The number of thiophene rings is 1. The van der Waals surface area contributed by atoms with E-state index in [9.17, 15) is 14.4 Å². The molecule has 2 aliphatic heterocycles. The van der Waals surface area contributed by atoms with Gasteiger partial charge in [-0.15, -0.1) is 23.1 Å². The summed E-state index contributed by atoms with van der Waals surface area (Å²) in [6.07, 6.45) is 0.932. The number of ether oxygens (including phenoxy) is 1. The summed E-state index contributed by atoms with van der Waals surface area (Å²) in [5, 5.41) is 4.48. The molecule has 2 amide bonds. The number of nitrogens with zero attached hydrogens (tertiary/aromatic N) is 1. The topological polar surface area (TPSA) is 75.7 Å². The van der Waals surface area contributed by atoms with E-state index in [0.717, 1.165) is 10.5 Å². The van der Waals surface area contributed by atoms with Crippen LogP contribution in [-0.2, 0) is 25.5 Å². The Kier molecular flexibility index (Phi) is 5.67. The molecule has 1 fully saturated rings. The Labute approximate surface area is 167 Å². The number of carbonyl (C=O) groups is 3. The molecule has 0 radical (unpaired) electrons. The standard InChI is InChI=1S/C19H24N2O4S2/c1-5-11-10-27-17-14(20-13(22)9-12-7-6-8-26-12)16(23)21(17)15(11)18(24)25-19(2,3)4/h6-8,14,17H,5,9-10H2,1-4H3,(H,20,22)/t14?,17-/m1/s1. The van der Waals surface area contributed by atoms with Crippen molar-refractivity contribution in [3.05, 3.63) is 33.7 Å². The van der Waals surface area contributed by atoms with E-state index in [4.69, 9.17) is 4.74 Å². The molecule has 0 bridgehead atoms. The Balaban J connectivity index is 1.72. The van der Waals surface area contributed by atoms with Crippen molar-refractivity contribution in [2.45, 2.75) is 57.6 Å². The van der Waals surface area contributed by atoms with Gasteiger partial charge < -0.3 is 10.1 Å². The summed E-state index contributed by atoms with van der Waals surface area (Å²) in [5.74, 6) is -0.253. The monoisotopic (exact) mass is 408 g/mol. The lowest BCUT2D eigenvalue weighted by atomic mass is 10.0. The second kappa shape index (κ2) is 7.67. The van der Waals surface area contributed by atoms with E-state index in [1.165, 1.54) is 16.2 Å². The van der Waals surface area contributed by atoms with Gasteiger partial charge in [-0.1, -0.05) is 13.0 Å². The van der Waals surface area contributed by atoms with Crippen LogP contribution in [0, 0.1) is 0 Å². The molecule has 8 heteroatoms. The number of esters is 1. The first kappa shape index (κ1) is 19.9. The summed E-state index contributed by atoms with van der Waals surface area (Å²) >= 11 is 3.08. The number of fused-ring (bicyclic) bond motifs is 1. The van der Waals surface area contributed by atoms with Crippen molar-refractivity contribution >= 4 is 40.9 Å². The Hall–Kier alpha value is -1.80. The zero-order chi connectivity index (χ0) is 19.8. The summed E-state index contributed by atoms with van der Waals surface area (Å²) < 4.78 is 5.51. The van der Waals surface area contributed by atoms with Crippen LogP contribution in [0.1, 0.15) is 39.0 Å². The zero-order valence-electron chi connectivity index (χ0n) is 15.9. The quantitative estimate of drug-likeness (QED) is 0.599. The van der Waals surface area contributed by atoms with Crippen molar-refractivity contribution in [2.24, 2.45) is 0 Å². The largest absolute Gasteiger partial charge is 0.455 e. The van der Waals surface area contributed by atoms with Crippen LogP contribution in [0.2, 0.25) is 0 Å². The van der Waals surface area contributed by atoms with Gasteiger partial charge in [0.1, 0.15) is 22.7 Å². The number of rotatable bonds is 5. The molecule has 2 atom stereocenters. The average Bonchev–Trinajstić information content (AvgIpc) is 3.09. The van der Waals surface area contributed by atoms with E-state index in [1.54, 1.807) is 32.5 Å². The van der Waals surface area contributed by atoms with Crippen LogP contribution in [0.3, 0.4) is 0 Å². The minimum Gasteiger partial charge on any atom is -0.455 e. The number of carbonyl (C=O) groups excluding carboxylic acids is 3. The maximum absolute atomic E-state index is 12.7. The molecule has 1 aromatic heterocycles. The zero-order valence-corrected chi connectivity index (χ0v) is 17.5. The van der Waals surface area contributed by atoms with Crippen LogP contribution in [-0.4, -0.2) is 45.5 Å². The van der Waals surface area contributed by atoms with Crippen LogP contribution in [0.4, 0.5) is 0 Å². The third kappa shape index (κ3) is 4.21. The lowest BCUT2D eigenvalue weighted by molar-refractivity contribution is -0.159. The Bertz CT molecular complexity index is 780. The Morgan fingerprint density at radius 1 is 1.37 bits per heavy atom. The number of hydrogen-bond donors (Lipinski definition) is 1. The third-order valence-electron chi connectivity index (χ3n) is 4.30. The van der Waals surface area contributed by atoms with Crippen molar-refractivity contribution in [2.75, 3.05) is 5.75 Å². The van der Waals surface area contributed by atoms with Gasteiger partial charge in [0.15, 0.2) is 0 Å². The van der Waals surface area contributed by atoms with Gasteiger partial charge in [0, 0.05) is 10.6 Å². The van der Waals surface area contributed by atoms with E-state index < -0.39 is 17.6 Å². The molecule has 0 spiro atoms. The Morgan fingerprint density at radius 2 is 2.11 bits per heavy atom. The molecule has 0 saturated carbocycles. The number of amides is 2. The Morgan fingerprint density at radius 3 is 2.70 bits per heavy atom. The van der Waals surface area contributed by atoms with Crippen LogP contribution >= 0.6 is 23.1 Å². The van der Waals surface area contributed by atoms with Gasteiger partial charge in [0.25, 0.3) is 5.91 Å². The molecular formula is C19H24N2O4S2. The first-order valence-corrected chi connectivity index (χ1v) is 10.9. The highest BCUT2D eigenvalue weighted by molar-refractivity contribution is 8.00. The van der Waals surface area contributed by atoms with Gasteiger partial charge in [-0.3, -0.25) is 14.5 Å². The predicted octanol–water partition coefficient (Wildman–Crippen LogP) is 2.70. The minimum absolute atomic E-state index is 0.180. The molecule has 3 rings (SSSR count). The molecule has 2 aliphatic rings. The van der Waals surface area contributed by atoms with E-state index in [0.29, 0.717) is 17.9 Å². The first-order valence-electron chi connectivity index (χ1n) is 8.93. The van der Waals surface area contributed by atoms with E-state index in [-0.39, 0.29) is 23.6 Å². The molecule has 6 nitrogen and oxygen atoms in total. The van der Waals surface area contributed by atoms with Crippen LogP contribution in [0.15, 0.2) is 28.8 Å².